The molecular formula is C34H34F2N6O4. The number of carbonyl (C=O) groups is 1. The number of carbonyl (C=O) groups excluding carboxylic acids is 1. The minimum atomic E-state index is -0.771. The number of nitrogens with zero attached hydrogens (tertiary/aromatic N) is 6. The molecule has 0 radical (unpaired) electrons. The quantitative estimate of drug-likeness (QED) is 0.297. The summed E-state index contributed by atoms with van der Waals surface area (Å²) in [5.74, 6) is -1.16. The maximum atomic E-state index is 16.2. The molecule has 6 heterocycles. The normalized spacial score (nSPS) is 19.0. The molecule has 2 fully saturated rings. The smallest absolute Gasteiger partial charge is 0.355 e. The molecule has 0 spiro atoms. The van der Waals surface area contributed by atoms with Gasteiger partial charge in [0.1, 0.15) is 23.1 Å². The molecule has 0 N–H and O–H groups in total. The van der Waals surface area contributed by atoms with E-state index >= 15 is 8.78 Å². The van der Waals surface area contributed by atoms with Gasteiger partial charge in [0.25, 0.3) is 0 Å². The van der Waals surface area contributed by atoms with Crippen molar-refractivity contribution in [3.8, 4) is 22.7 Å². The van der Waals surface area contributed by atoms with Gasteiger partial charge in [-0.25, -0.2) is 23.1 Å². The number of halogens is 2. The molecule has 2 bridgehead atoms. The Bertz CT molecular complexity index is 1940. The molecule has 12 heteroatoms. The van der Waals surface area contributed by atoms with Crippen molar-refractivity contribution in [3.63, 3.8) is 0 Å². The number of rotatable bonds is 5. The van der Waals surface area contributed by atoms with E-state index in [0.717, 1.165) is 5.56 Å². The highest BCUT2D eigenvalue weighted by atomic mass is 19.1. The van der Waals surface area contributed by atoms with Crippen molar-refractivity contribution in [3.05, 3.63) is 82.1 Å². The lowest BCUT2D eigenvalue weighted by Gasteiger charge is -2.47. The zero-order chi connectivity index (χ0) is 32.1. The Balaban J connectivity index is 1.43. The van der Waals surface area contributed by atoms with E-state index in [0.29, 0.717) is 55.7 Å². The Hall–Kier alpha value is -4.71. The van der Waals surface area contributed by atoms with Gasteiger partial charge in [-0.2, -0.15) is 4.98 Å². The van der Waals surface area contributed by atoms with E-state index in [9.17, 15) is 9.59 Å². The van der Waals surface area contributed by atoms with Gasteiger partial charge in [0.15, 0.2) is 11.5 Å². The first-order chi connectivity index (χ1) is 22.3. The highest BCUT2D eigenvalue weighted by Gasteiger charge is 2.49. The molecular weight excluding hydrogens is 594 g/mol. The van der Waals surface area contributed by atoms with Crippen molar-refractivity contribution in [1.29, 1.82) is 0 Å². The first-order valence-electron chi connectivity index (χ1n) is 15.5. The Kier molecular flexibility index (Phi) is 7.75. The van der Waals surface area contributed by atoms with Crippen LogP contribution in [0.2, 0.25) is 0 Å². The summed E-state index contributed by atoms with van der Waals surface area (Å²) in [4.78, 5) is 44.7. The molecule has 3 aromatic heterocycles. The first kappa shape index (κ1) is 30.0. The third-order valence-electron chi connectivity index (χ3n) is 9.04. The second kappa shape index (κ2) is 11.9. The van der Waals surface area contributed by atoms with Gasteiger partial charge in [0, 0.05) is 32.5 Å². The molecule has 3 aliphatic rings. The van der Waals surface area contributed by atoms with Crippen molar-refractivity contribution >= 4 is 22.8 Å². The van der Waals surface area contributed by atoms with Crippen molar-refractivity contribution < 1.29 is 23.0 Å². The maximum Gasteiger partial charge on any atom is 0.355 e. The number of aryl methyl sites for hydroxylation is 1. The summed E-state index contributed by atoms with van der Waals surface area (Å²) in [5.41, 5.74) is 1.26. The molecule has 3 aliphatic heterocycles. The average Bonchev–Trinajstić information content (AvgIpc) is 3.35. The van der Waals surface area contributed by atoms with Gasteiger partial charge in [0.2, 0.25) is 5.91 Å². The number of ether oxygens (including phenoxy) is 2. The van der Waals surface area contributed by atoms with Crippen LogP contribution < -0.4 is 15.3 Å². The third kappa shape index (κ3) is 4.91. The van der Waals surface area contributed by atoms with E-state index in [2.05, 4.69) is 9.97 Å². The Morgan fingerprint density at radius 1 is 1.17 bits per heavy atom. The summed E-state index contributed by atoms with van der Waals surface area (Å²) in [5, 5.41) is 0.310. The lowest BCUT2D eigenvalue weighted by atomic mass is 9.96. The van der Waals surface area contributed by atoms with Crippen molar-refractivity contribution in [2.45, 2.75) is 51.1 Å². The molecule has 0 saturated carbocycles. The average molecular weight is 629 g/mol. The largest absolute Gasteiger partial charge is 0.493 e. The SMILES string of the molecule is COC/C=C/C(=O)N1CCC2C1CN2c1nc(=O)n2c3nc(c(F)cc13)-c1c(F)cccc1OCCCc1ccnc(C(C)C)c1-2. The molecule has 2 unspecified atom stereocenters. The highest BCUT2D eigenvalue weighted by molar-refractivity contribution is 5.92. The number of hydrogen-bond donors (Lipinski definition) is 0. The predicted octanol–water partition coefficient (Wildman–Crippen LogP) is 4.56. The standard InChI is InChI=1S/C34H34F2N6O4/c1-19(2)29-31-20(11-13-37-29)7-5-16-46-26-9-4-8-22(35)28(26)30-23(36)17-21-32(39-34(44)42(31)33(21)38-30)41-18-25-24(41)12-14-40(25)27(43)10-6-15-45-3/h4,6,8-11,13,17,19,24-25H,5,7,12,14-16,18H2,1-3H3/b10-6+. The van der Waals surface area contributed by atoms with Crippen LogP contribution in [0.3, 0.4) is 0 Å². The zero-order valence-electron chi connectivity index (χ0n) is 25.9. The van der Waals surface area contributed by atoms with Crippen LogP contribution >= 0.6 is 0 Å². The molecule has 46 heavy (non-hydrogen) atoms. The molecule has 4 aromatic rings. The van der Waals surface area contributed by atoms with Gasteiger partial charge in [-0.05, 0) is 55.0 Å². The number of pyridine rings is 2. The number of aromatic nitrogens is 4. The van der Waals surface area contributed by atoms with E-state index in [1.807, 2.05) is 29.7 Å². The van der Waals surface area contributed by atoms with Gasteiger partial charge in [-0.1, -0.05) is 26.0 Å². The van der Waals surface area contributed by atoms with Crippen molar-refractivity contribution in [1.82, 2.24) is 24.4 Å². The van der Waals surface area contributed by atoms with Gasteiger partial charge >= 0.3 is 5.69 Å². The van der Waals surface area contributed by atoms with Crippen LogP contribution in [0, 0.1) is 11.6 Å². The molecule has 2 atom stereocenters. The summed E-state index contributed by atoms with van der Waals surface area (Å²) in [6.45, 7) is 5.52. The number of amides is 1. The monoisotopic (exact) mass is 628 g/mol. The summed E-state index contributed by atoms with van der Waals surface area (Å²) >= 11 is 0. The molecule has 10 nitrogen and oxygen atoms in total. The number of anilines is 1. The second-order valence-corrected chi connectivity index (χ2v) is 12.1. The molecule has 0 aliphatic carbocycles. The predicted molar refractivity (Wildman–Crippen MR) is 168 cm³/mol. The van der Waals surface area contributed by atoms with Gasteiger partial charge in [-0.3, -0.25) is 9.78 Å². The topological polar surface area (TPSA) is 103 Å². The van der Waals surface area contributed by atoms with Crippen LogP contribution in [0.1, 0.15) is 43.9 Å². The molecule has 1 amide bonds. The lowest BCUT2D eigenvalue weighted by molar-refractivity contribution is -0.127. The van der Waals surface area contributed by atoms with Crippen LogP contribution in [-0.4, -0.2) is 75.8 Å². The highest BCUT2D eigenvalue weighted by Crippen LogP contribution is 2.41. The number of benzene rings is 1. The Labute approximate surface area is 264 Å². The number of fused-ring (bicyclic) bond motifs is 6. The van der Waals surface area contributed by atoms with Crippen LogP contribution in [0.5, 0.6) is 5.75 Å². The van der Waals surface area contributed by atoms with E-state index in [1.54, 1.807) is 25.4 Å². The number of likely N-dealkylation sites (tertiary alicyclic amines) is 1. The number of methoxy groups -OCH3 is 1. The summed E-state index contributed by atoms with van der Waals surface area (Å²) in [6, 6.07) is 7.29. The third-order valence-corrected chi connectivity index (χ3v) is 9.04. The Morgan fingerprint density at radius 2 is 2.02 bits per heavy atom. The van der Waals surface area contributed by atoms with E-state index in [1.165, 1.54) is 28.8 Å². The summed E-state index contributed by atoms with van der Waals surface area (Å²) in [6.07, 6.45) is 6.68. The van der Waals surface area contributed by atoms with Crippen LogP contribution in [0.4, 0.5) is 14.6 Å². The lowest BCUT2D eigenvalue weighted by Crippen LogP contribution is -2.63. The second-order valence-electron chi connectivity index (χ2n) is 12.1. The summed E-state index contributed by atoms with van der Waals surface area (Å²) < 4.78 is 44.0. The Morgan fingerprint density at radius 3 is 2.83 bits per heavy atom. The van der Waals surface area contributed by atoms with Gasteiger partial charge in [0.05, 0.1) is 47.6 Å². The molecule has 1 aromatic carbocycles. The van der Waals surface area contributed by atoms with Crippen molar-refractivity contribution in [2.24, 2.45) is 0 Å². The zero-order valence-corrected chi connectivity index (χ0v) is 25.9. The van der Waals surface area contributed by atoms with Gasteiger partial charge < -0.3 is 19.3 Å². The minimum Gasteiger partial charge on any atom is -0.493 e. The fourth-order valence-electron chi connectivity index (χ4n) is 6.87. The van der Waals surface area contributed by atoms with Gasteiger partial charge in [-0.15, -0.1) is 0 Å². The molecule has 7 rings (SSSR count). The van der Waals surface area contributed by atoms with E-state index in [4.69, 9.17) is 14.5 Å². The number of hydrogen-bond acceptors (Lipinski definition) is 8. The van der Waals surface area contributed by atoms with Crippen molar-refractivity contribution in [2.75, 3.05) is 38.3 Å². The first-order valence-corrected chi connectivity index (χ1v) is 15.5. The maximum absolute atomic E-state index is 16.2. The van der Waals surface area contributed by atoms with E-state index < -0.39 is 17.3 Å². The molecule has 238 valence electrons. The van der Waals surface area contributed by atoms with Crippen LogP contribution in [0.15, 0.2) is 53.5 Å². The van der Waals surface area contributed by atoms with Crippen LogP contribution in [0.25, 0.3) is 28.0 Å². The minimum absolute atomic E-state index is 0.0603. The fourth-order valence-corrected chi connectivity index (χ4v) is 6.87. The van der Waals surface area contributed by atoms with Crippen LogP contribution in [-0.2, 0) is 16.0 Å². The fraction of sp³-hybridized carbons (Fsp3) is 0.382. The molecule has 2 saturated heterocycles. The van der Waals surface area contributed by atoms with E-state index in [-0.39, 0.29) is 59.0 Å². The summed E-state index contributed by atoms with van der Waals surface area (Å²) in [7, 11) is 1.56.